The molecule has 0 aliphatic carbocycles. The first-order valence-corrected chi connectivity index (χ1v) is 17.2. The lowest BCUT2D eigenvalue weighted by Crippen LogP contribution is -2.55. The van der Waals surface area contributed by atoms with Crippen molar-refractivity contribution >= 4 is 35.4 Å². The summed E-state index contributed by atoms with van der Waals surface area (Å²) in [6.07, 6.45) is 0.620. The summed E-state index contributed by atoms with van der Waals surface area (Å²) in [5.74, 6) is -4.18. The largest absolute Gasteiger partial charge is 0.508 e. The second-order valence-electron chi connectivity index (χ2n) is 13.1. The van der Waals surface area contributed by atoms with Gasteiger partial charge in [-0.2, -0.15) is 0 Å². The van der Waals surface area contributed by atoms with Crippen LogP contribution in [-0.4, -0.2) is 65.2 Å². The molecule has 0 radical (unpaired) electrons. The minimum absolute atomic E-state index is 0.0990. The highest BCUT2D eigenvalue weighted by Gasteiger charge is 2.34. The highest BCUT2D eigenvalue weighted by Crippen LogP contribution is 2.23. The Morgan fingerprint density at radius 1 is 0.827 bits per heavy atom. The van der Waals surface area contributed by atoms with Crippen LogP contribution in [0.15, 0.2) is 66.7 Å². The molecule has 0 unspecified atom stereocenters. The monoisotopic (exact) mass is 713 g/mol. The number of hydrogen-bond acceptors (Lipinski definition) is 8. The molecule has 14 nitrogen and oxygen atoms in total. The van der Waals surface area contributed by atoms with Gasteiger partial charge in [-0.15, -0.1) is 0 Å². The van der Waals surface area contributed by atoms with Gasteiger partial charge in [-0.25, -0.2) is 0 Å². The second-order valence-corrected chi connectivity index (χ2v) is 13.1. The predicted molar refractivity (Wildman–Crippen MR) is 193 cm³/mol. The summed E-state index contributed by atoms with van der Waals surface area (Å²) in [5, 5.41) is 23.4. The first-order valence-electron chi connectivity index (χ1n) is 17.2. The molecule has 14 heteroatoms. The number of carbonyl (C=O) groups excluding carboxylic acids is 6. The zero-order valence-electron chi connectivity index (χ0n) is 29.5. The zero-order chi connectivity index (χ0) is 37.9. The fraction of sp³-hybridized carbons (Fsp3) is 0.368. The number of carbonyl (C=O) groups is 6. The lowest BCUT2D eigenvalue weighted by atomic mass is 9.95. The van der Waals surface area contributed by atoms with Crippen molar-refractivity contribution in [2.24, 2.45) is 11.5 Å². The van der Waals surface area contributed by atoms with Crippen molar-refractivity contribution in [1.82, 2.24) is 26.6 Å². The average molecular weight is 714 g/mol. The normalized spacial score (nSPS) is 21.4. The van der Waals surface area contributed by atoms with Gasteiger partial charge >= 0.3 is 0 Å². The van der Waals surface area contributed by atoms with Gasteiger partial charge in [-0.1, -0.05) is 54.6 Å². The molecule has 0 aromatic heterocycles. The van der Waals surface area contributed by atoms with Crippen LogP contribution >= 0.6 is 0 Å². The van der Waals surface area contributed by atoms with E-state index in [4.69, 9.17) is 11.5 Å². The van der Waals surface area contributed by atoms with Gasteiger partial charge in [0.25, 0.3) is 0 Å². The van der Waals surface area contributed by atoms with Crippen molar-refractivity contribution in [3.63, 3.8) is 0 Å². The molecule has 3 aromatic carbocycles. The van der Waals surface area contributed by atoms with Crippen LogP contribution in [0.1, 0.15) is 71.1 Å². The maximum Gasteiger partial charge on any atom is 0.248 e. The van der Waals surface area contributed by atoms with Crippen molar-refractivity contribution in [3.05, 3.63) is 100 Å². The number of nitrogens with two attached hydrogens (primary N) is 2. The number of nitrogens with one attached hydrogen (secondary N) is 5. The van der Waals surface area contributed by atoms with E-state index in [-0.39, 0.29) is 25.1 Å². The maximum atomic E-state index is 14.2. The van der Waals surface area contributed by atoms with E-state index >= 15 is 0 Å². The van der Waals surface area contributed by atoms with Crippen LogP contribution in [0.3, 0.4) is 0 Å². The molecule has 1 saturated heterocycles. The van der Waals surface area contributed by atoms with Crippen LogP contribution in [0.4, 0.5) is 0 Å². The van der Waals surface area contributed by atoms with Crippen LogP contribution in [0, 0.1) is 20.8 Å². The fourth-order valence-electron chi connectivity index (χ4n) is 6.20. The third-order valence-corrected chi connectivity index (χ3v) is 9.10. The number of aromatic hydroxyl groups is 1. The van der Waals surface area contributed by atoms with Gasteiger partial charge in [0, 0.05) is 6.54 Å². The van der Waals surface area contributed by atoms with Crippen molar-refractivity contribution in [1.29, 1.82) is 0 Å². The minimum Gasteiger partial charge on any atom is -0.508 e. The molecule has 4 rings (SSSR count). The molecule has 0 saturated carbocycles. The lowest BCUT2D eigenvalue weighted by molar-refractivity contribution is -0.135. The summed E-state index contributed by atoms with van der Waals surface area (Å²) >= 11 is 0. The minimum atomic E-state index is -1.36. The highest BCUT2D eigenvalue weighted by molar-refractivity contribution is 5.97. The Morgan fingerprint density at radius 2 is 1.44 bits per heavy atom. The smallest absolute Gasteiger partial charge is 0.248 e. The Hall–Kier alpha value is -5.76. The number of primary amides is 1. The second kappa shape index (κ2) is 17.9. The summed E-state index contributed by atoms with van der Waals surface area (Å²) in [6.45, 7) is 5.56. The van der Waals surface area contributed by atoms with Gasteiger partial charge < -0.3 is 43.2 Å². The van der Waals surface area contributed by atoms with Gasteiger partial charge in [-0.3, -0.25) is 28.8 Å². The van der Waals surface area contributed by atoms with E-state index in [1.165, 1.54) is 0 Å². The molecular formula is C38H47N7O7. The summed E-state index contributed by atoms with van der Waals surface area (Å²) in [7, 11) is 0. The average Bonchev–Trinajstić information content (AvgIpc) is 3.10. The van der Waals surface area contributed by atoms with Gasteiger partial charge in [0.1, 0.15) is 29.9 Å². The Labute approximate surface area is 302 Å². The number of aryl methyl sites for hydroxylation is 3. The van der Waals surface area contributed by atoms with Gasteiger partial charge in [0.2, 0.25) is 35.4 Å². The quantitative estimate of drug-likeness (QED) is 0.176. The van der Waals surface area contributed by atoms with Crippen molar-refractivity contribution in [3.8, 4) is 5.75 Å². The molecule has 1 aliphatic rings. The van der Waals surface area contributed by atoms with Gasteiger partial charge in [0.05, 0.1) is 12.5 Å². The summed E-state index contributed by atoms with van der Waals surface area (Å²) in [6, 6.07) is 12.2. The van der Waals surface area contributed by atoms with E-state index in [9.17, 15) is 33.9 Å². The van der Waals surface area contributed by atoms with E-state index in [0.717, 1.165) is 16.7 Å². The summed E-state index contributed by atoms with van der Waals surface area (Å²) in [5.41, 5.74) is 15.7. The predicted octanol–water partition coefficient (Wildman–Crippen LogP) is 1.05. The Bertz CT molecular complexity index is 1780. The fourth-order valence-corrected chi connectivity index (χ4v) is 6.20. The molecule has 276 valence electrons. The Balaban J connectivity index is 1.68. The number of phenols is 1. The van der Waals surface area contributed by atoms with E-state index in [1.807, 2.05) is 0 Å². The summed E-state index contributed by atoms with van der Waals surface area (Å²) < 4.78 is 0. The number of phenolic OH excluding ortho intramolecular Hbond substituents is 1. The van der Waals surface area contributed by atoms with E-state index < -0.39 is 72.1 Å². The SMILES string of the molecule is Cc1ccccc1[C@@H]1NC(=O)[C@H](NC(=O)[C@@H](N)Cc2c(C)cc(O)cc2C)CCCCNC(=O)C[C@@H](C(N)=O)NC(=O)[C@H](c2ccccc2)NC1=O. The van der Waals surface area contributed by atoms with Gasteiger partial charge in [-0.05, 0) is 92.0 Å². The number of hydrogen-bond donors (Lipinski definition) is 8. The third kappa shape index (κ3) is 10.4. The standard InChI is InChI=1S/C38H47N7O7/c1-21-11-7-8-14-26(21)33-38(52)44-32(24-12-5-4-6-13-24)37(51)43-30(34(40)48)20-31(47)41-16-10-9-15-29(36(50)45-33)42-35(49)28(39)19-27-22(2)17-25(46)18-23(27)3/h4-8,11-14,17-18,28-30,32-33,46H,9-10,15-16,19-20,39H2,1-3H3,(H2,40,48)(H,41,47)(H,42,49)(H,43,51)(H,44,52)(H,45,50)/t28-,29+,30-,32-,33-/m0/s1. The first-order chi connectivity index (χ1) is 24.7. The van der Waals surface area contributed by atoms with Crippen LogP contribution in [0.2, 0.25) is 0 Å². The van der Waals surface area contributed by atoms with Crippen molar-refractivity contribution in [2.45, 2.75) is 83.1 Å². The zero-order valence-corrected chi connectivity index (χ0v) is 29.5. The topological polar surface area (TPSA) is 235 Å². The van der Waals surface area contributed by atoms with E-state index in [2.05, 4.69) is 26.6 Å². The molecular weight excluding hydrogens is 666 g/mol. The number of rotatable bonds is 7. The van der Waals surface area contributed by atoms with Crippen molar-refractivity contribution in [2.75, 3.05) is 6.54 Å². The van der Waals surface area contributed by atoms with Crippen LogP contribution < -0.4 is 38.1 Å². The van der Waals surface area contributed by atoms with E-state index in [1.54, 1.807) is 87.5 Å². The number of amides is 6. The molecule has 5 atom stereocenters. The number of benzene rings is 3. The molecule has 1 aliphatic heterocycles. The molecule has 0 bridgehead atoms. The van der Waals surface area contributed by atoms with Crippen LogP contribution in [-0.2, 0) is 35.2 Å². The maximum absolute atomic E-state index is 14.2. The molecule has 6 amide bonds. The molecule has 52 heavy (non-hydrogen) atoms. The Kier molecular flexibility index (Phi) is 13.5. The first kappa shape index (κ1) is 39.0. The van der Waals surface area contributed by atoms with Crippen LogP contribution in [0.5, 0.6) is 5.75 Å². The lowest BCUT2D eigenvalue weighted by Gasteiger charge is -2.27. The van der Waals surface area contributed by atoms with Crippen LogP contribution in [0.25, 0.3) is 0 Å². The molecule has 0 spiro atoms. The molecule has 1 fully saturated rings. The van der Waals surface area contributed by atoms with Crippen molar-refractivity contribution < 1.29 is 33.9 Å². The highest BCUT2D eigenvalue weighted by atomic mass is 16.3. The van der Waals surface area contributed by atoms with Gasteiger partial charge in [0.15, 0.2) is 0 Å². The third-order valence-electron chi connectivity index (χ3n) is 9.10. The molecule has 1 heterocycles. The Morgan fingerprint density at radius 3 is 2.10 bits per heavy atom. The molecule has 10 N–H and O–H groups in total. The van der Waals surface area contributed by atoms with E-state index in [0.29, 0.717) is 29.5 Å². The summed E-state index contributed by atoms with van der Waals surface area (Å²) in [4.78, 5) is 80.5. The molecule has 3 aromatic rings.